The van der Waals surface area contributed by atoms with Crippen LogP contribution in [0.4, 0.5) is 5.13 Å². The number of carbonyl (C=O) groups excluding carboxylic acids is 2. The maximum absolute atomic E-state index is 12.8. The zero-order chi connectivity index (χ0) is 20.4. The maximum atomic E-state index is 12.8. The van der Waals surface area contributed by atoms with Crippen LogP contribution >= 0.6 is 22.9 Å². The van der Waals surface area contributed by atoms with Gasteiger partial charge in [-0.25, -0.2) is 9.97 Å². The number of imidazole rings is 1. The van der Waals surface area contributed by atoms with Gasteiger partial charge in [0.1, 0.15) is 11.9 Å². The first-order valence-electron chi connectivity index (χ1n) is 9.28. The zero-order valence-corrected chi connectivity index (χ0v) is 17.4. The van der Waals surface area contributed by atoms with Gasteiger partial charge >= 0.3 is 0 Å². The molecule has 0 radical (unpaired) electrons. The molecule has 0 bridgehead atoms. The van der Waals surface area contributed by atoms with Crippen molar-refractivity contribution in [1.29, 1.82) is 0 Å². The van der Waals surface area contributed by atoms with Gasteiger partial charge in [-0.3, -0.25) is 14.5 Å². The van der Waals surface area contributed by atoms with Gasteiger partial charge in [0, 0.05) is 42.8 Å². The zero-order valence-electron chi connectivity index (χ0n) is 15.8. The van der Waals surface area contributed by atoms with E-state index in [0.717, 1.165) is 17.8 Å². The van der Waals surface area contributed by atoms with Crippen molar-refractivity contribution in [1.82, 2.24) is 19.9 Å². The van der Waals surface area contributed by atoms with E-state index in [1.165, 1.54) is 11.3 Å². The lowest BCUT2D eigenvalue weighted by Crippen LogP contribution is -2.32. The first-order chi connectivity index (χ1) is 14.0. The number of halogens is 1. The SMILES string of the molecule is Cn1ccnc1C(NC(=O)Cc1csc(N2CCCC2=O)n1)c1ccc(Cl)cc1. The van der Waals surface area contributed by atoms with Crippen molar-refractivity contribution in [2.24, 2.45) is 7.05 Å². The van der Waals surface area contributed by atoms with E-state index < -0.39 is 6.04 Å². The number of thiazole rings is 1. The molecular formula is C20H20ClN5O2S. The van der Waals surface area contributed by atoms with Crippen LogP contribution in [-0.2, 0) is 23.1 Å². The highest BCUT2D eigenvalue weighted by Gasteiger charge is 2.25. The summed E-state index contributed by atoms with van der Waals surface area (Å²) < 4.78 is 1.87. The minimum Gasteiger partial charge on any atom is -0.342 e. The quantitative estimate of drug-likeness (QED) is 0.652. The Morgan fingerprint density at radius 3 is 2.79 bits per heavy atom. The van der Waals surface area contributed by atoms with Crippen LogP contribution < -0.4 is 10.2 Å². The molecule has 0 spiro atoms. The van der Waals surface area contributed by atoms with Crippen LogP contribution in [0.5, 0.6) is 0 Å². The molecule has 150 valence electrons. The van der Waals surface area contributed by atoms with Gasteiger partial charge in [0.2, 0.25) is 11.8 Å². The van der Waals surface area contributed by atoms with Gasteiger partial charge in [0.15, 0.2) is 5.13 Å². The predicted octanol–water partition coefficient (Wildman–Crippen LogP) is 3.11. The Bertz CT molecular complexity index is 1030. The van der Waals surface area contributed by atoms with Gasteiger partial charge in [0.05, 0.1) is 12.1 Å². The molecule has 1 atom stereocenters. The molecule has 29 heavy (non-hydrogen) atoms. The number of carbonyl (C=O) groups is 2. The molecule has 2 aromatic heterocycles. The highest BCUT2D eigenvalue weighted by molar-refractivity contribution is 7.14. The molecule has 1 unspecified atom stereocenters. The Balaban J connectivity index is 1.50. The van der Waals surface area contributed by atoms with Crippen molar-refractivity contribution >= 4 is 39.9 Å². The molecule has 1 aliphatic heterocycles. The largest absolute Gasteiger partial charge is 0.342 e. The number of rotatable bonds is 6. The van der Waals surface area contributed by atoms with Crippen molar-refractivity contribution in [2.45, 2.75) is 25.3 Å². The molecule has 1 N–H and O–H groups in total. The van der Waals surface area contributed by atoms with Crippen LogP contribution in [0.3, 0.4) is 0 Å². The summed E-state index contributed by atoms with van der Waals surface area (Å²) >= 11 is 7.40. The lowest BCUT2D eigenvalue weighted by Gasteiger charge is -2.19. The molecule has 1 fully saturated rings. The Labute approximate surface area is 177 Å². The molecule has 3 heterocycles. The number of nitrogens with one attached hydrogen (secondary N) is 1. The Hall–Kier alpha value is -2.71. The number of hydrogen-bond donors (Lipinski definition) is 1. The fourth-order valence-corrected chi connectivity index (χ4v) is 4.33. The second kappa shape index (κ2) is 8.34. The number of nitrogens with zero attached hydrogens (tertiary/aromatic N) is 4. The highest BCUT2D eigenvalue weighted by atomic mass is 35.5. The summed E-state index contributed by atoms with van der Waals surface area (Å²) in [5.41, 5.74) is 1.54. The first-order valence-corrected chi connectivity index (χ1v) is 10.5. The van der Waals surface area contributed by atoms with Crippen molar-refractivity contribution in [2.75, 3.05) is 11.4 Å². The molecule has 0 aliphatic carbocycles. The minimum absolute atomic E-state index is 0.0907. The van der Waals surface area contributed by atoms with Gasteiger partial charge in [-0.2, -0.15) is 0 Å². The smallest absolute Gasteiger partial charge is 0.228 e. The second-order valence-electron chi connectivity index (χ2n) is 6.90. The van der Waals surface area contributed by atoms with E-state index in [1.54, 1.807) is 23.2 Å². The summed E-state index contributed by atoms with van der Waals surface area (Å²) in [4.78, 5) is 35.2. The molecule has 9 heteroatoms. The van der Waals surface area contributed by atoms with Crippen LogP contribution in [-0.4, -0.2) is 32.9 Å². The third kappa shape index (κ3) is 4.33. The van der Waals surface area contributed by atoms with Crippen LogP contribution in [0.1, 0.15) is 36.0 Å². The van der Waals surface area contributed by atoms with Gasteiger partial charge in [-0.15, -0.1) is 11.3 Å². The normalized spacial score (nSPS) is 15.0. The van der Waals surface area contributed by atoms with Crippen molar-refractivity contribution in [3.63, 3.8) is 0 Å². The van der Waals surface area contributed by atoms with E-state index in [1.807, 2.05) is 35.3 Å². The average molecular weight is 430 g/mol. The summed E-state index contributed by atoms with van der Waals surface area (Å²) in [5.74, 6) is 0.646. The van der Waals surface area contributed by atoms with Gasteiger partial charge in [-0.1, -0.05) is 23.7 Å². The van der Waals surface area contributed by atoms with Crippen molar-refractivity contribution < 1.29 is 9.59 Å². The minimum atomic E-state index is -0.405. The number of anilines is 1. The number of aromatic nitrogens is 3. The van der Waals surface area contributed by atoms with E-state index in [-0.39, 0.29) is 18.2 Å². The third-order valence-electron chi connectivity index (χ3n) is 4.81. The molecule has 7 nitrogen and oxygen atoms in total. The van der Waals surface area contributed by atoms with Gasteiger partial charge in [0.25, 0.3) is 0 Å². The fraction of sp³-hybridized carbons (Fsp3) is 0.300. The summed E-state index contributed by atoms with van der Waals surface area (Å²) in [6, 6.07) is 6.93. The molecule has 1 saturated heterocycles. The topological polar surface area (TPSA) is 80.1 Å². The Kier molecular flexibility index (Phi) is 5.64. The van der Waals surface area contributed by atoms with Gasteiger partial charge in [-0.05, 0) is 24.1 Å². The monoisotopic (exact) mass is 429 g/mol. The maximum Gasteiger partial charge on any atom is 0.228 e. The molecule has 2 amide bonds. The average Bonchev–Trinajstić information content (AvgIpc) is 3.42. The Morgan fingerprint density at radius 2 is 2.14 bits per heavy atom. The number of benzene rings is 1. The molecule has 4 rings (SSSR count). The molecule has 3 aromatic rings. The fourth-order valence-electron chi connectivity index (χ4n) is 3.34. The van der Waals surface area contributed by atoms with E-state index in [4.69, 9.17) is 11.6 Å². The van der Waals surface area contributed by atoms with Crippen LogP contribution in [0, 0.1) is 0 Å². The molecular weight excluding hydrogens is 410 g/mol. The lowest BCUT2D eigenvalue weighted by molar-refractivity contribution is -0.121. The summed E-state index contributed by atoms with van der Waals surface area (Å²) in [7, 11) is 1.89. The first kappa shape index (κ1) is 19.6. The summed E-state index contributed by atoms with van der Waals surface area (Å²) in [5, 5.41) is 6.17. The lowest BCUT2D eigenvalue weighted by atomic mass is 10.1. The Morgan fingerprint density at radius 1 is 1.34 bits per heavy atom. The summed E-state index contributed by atoms with van der Waals surface area (Å²) in [6.07, 6.45) is 5.07. The van der Waals surface area contributed by atoms with Crippen molar-refractivity contribution in [3.8, 4) is 0 Å². The van der Waals surface area contributed by atoms with Crippen LogP contribution in [0.15, 0.2) is 42.0 Å². The highest BCUT2D eigenvalue weighted by Crippen LogP contribution is 2.26. The predicted molar refractivity (Wildman–Crippen MR) is 112 cm³/mol. The molecule has 0 saturated carbocycles. The number of amides is 2. The number of aryl methyl sites for hydroxylation is 1. The van der Waals surface area contributed by atoms with E-state index in [0.29, 0.717) is 28.8 Å². The third-order valence-corrected chi connectivity index (χ3v) is 5.98. The van der Waals surface area contributed by atoms with Crippen LogP contribution in [0.25, 0.3) is 0 Å². The second-order valence-corrected chi connectivity index (χ2v) is 8.17. The van der Waals surface area contributed by atoms with Crippen LogP contribution in [0.2, 0.25) is 5.02 Å². The standard InChI is InChI=1S/C20H20ClN5O2S/c1-25-10-8-22-19(25)18(13-4-6-14(21)7-5-13)24-16(27)11-15-12-29-20(23-15)26-9-2-3-17(26)28/h4-8,10,12,18H,2-3,9,11H2,1H3,(H,24,27). The molecule has 1 aliphatic rings. The number of hydrogen-bond acceptors (Lipinski definition) is 5. The van der Waals surface area contributed by atoms with Crippen molar-refractivity contribution in [3.05, 3.63) is 64.1 Å². The van der Waals surface area contributed by atoms with E-state index >= 15 is 0 Å². The van der Waals surface area contributed by atoms with E-state index in [9.17, 15) is 9.59 Å². The van der Waals surface area contributed by atoms with E-state index in [2.05, 4.69) is 15.3 Å². The summed E-state index contributed by atoms with van der Waals surface area (Å²) in [6.45, 7) is 0.690. The van der Waals surface area contributed by atoms with Gasteiger partial charge < -0.3 is 9.88 Å². The molecule has 1 aromatic carbocycles.